The van der Waals surface area contributed by atoms with Crippen molar-refractivity contribution in [3.63, 3.8) is 0 Å². The predicted molar refractivity (Wildman–Crippen MR) is 70.5 cm³/mol. The summed E-state index contributed by atoms with van der Waals surface area (Å²) >= 11 is 0. The van der Waals surface area contributed by atoms with Crippen LogP contribution in [0.25, 0.3) is 0 Å². The molecule has 3 saturated heterocycles. The third kappa shape index (κ3) is 2.38. The fourth-order valence-corrected chi connectivity index (χ4v) is 3.55. The largest absolute Gasteiger partial charge is 0.347 e. The zero-order valence-corrected chi connectivity index (χ0v) is 11.7. The average Bonchev–Trinajstić information content (AvgIpc) is 2.90. The molecule has 106 valence electrons. The van der Waals surface area contributed by atoms with Crippen molar-refractivity contribution in [3.8, 4) is 6.07 Å². The lowest BCUT2D eigenvalue weighted by molar-refractivity contribution is -0.191. The van der Waals surface area contributed by atoms with Crippen LogP contribution in [0.2, 0.25) is 0 Å². The summed E-state index contributed by atoms with van der Waals surface area (Å²) in [5.41, 5.74) is -0.257. The molecule has 0 N–H and O–H groups in total. The maximum Gasteiger partial charge on any atom is 0.170 e. The molecule has 0 unspecified atom stereocenters. The van der Waals surface area contributed by atoms with E-state index in [0.29, 0.717) is 13.2 Å². The maximum absolute atomic E-state index is 9.66. The van der Waals surface area contributed by atoms with Gasteiger partial charge in [-0.25, -0.2) is 0 Å². The van der Waals surface area contributed by atoms with Crippen molar-refractivity contribution in [2.45, 2.75) is 37.0 Å². The molecule has 3 aliphatic rings. The first kappa shape index (κ1) is 13.3. The van der Waals surface area contributed by atoms with Crippen LogP contribution in [0.4, 0.5) is 0 Å². The lowest BCUT2D eigenvalue weighted by Gasteiger charge is -2.48. The lowest BCUT2D eigenvalue weighted by atomic mass is 9.85. The summed E-state index contributed by atoms with van der Waals surface area (Å²) in [4.78, 5) is 4.68. The Morgan fingerprint density at radius 2 is 1.53 bits per heavy atom. The Morgan fingerprint density at radius 3 is 2.05 bits per heavy atom. The Hall–Kier alpha value is -0.670. The van der Waals surface area contributed by atoms with Crippen molar-refractivity contribution in [2.75, 3.05) is 46.4 Å². The van der Waals surface area contributed by atoms with Crippen LogP contribution in [0.1, 0.15) is 25.7 Å². The number of likely N-dealkylation sites (tertiary alicyclic amines) is 2. The summed E-state index contributed by atoms with van der Waals surface area (Å²) < 4.78 is 11.5. The van der Waals surface area contributed by atoms with Gasteiger partial charge in [-0.05, 0) is 19.9 Å². The Balaban J connectivity index is 1.65. The first-order valence-corrected chi connectivity index (χ1v) is 7.31. The minimum atomic E-state index is -0.335. The van der Waals surface area contributed by atoms with Crippen molar-refractivity contribution < 1.29 is 9.47 Å². The average molecular weight is 265 g/mol. The van der Waals surface area contributed by atoms with Crippen LogP contribution in [-0.4, -0.2) is 67.6 Å². The second kappa shape index (κ2) is 5.02. The smallest absolute Gasteiger partial charge is 0.170 e. The summed E-state index contributed by atoms with van der Waals surface area (Å²) in [7, 11) is 2.13. The van der Waals surface area contributed by atoms with Gasteiger partial charge in [-0.3, -0.25) is 4.90 Å². The summed E-state index contributed by atoms with van der Waals surface area (Å²) in [5, 5.41) is 9.66. The lowest BCUT2D eigenvalue weighted by Crippen LogP contribution is -2.58. The number of piperidine rings is 2. The van der Waals surface area contributed by atoms with Gasteiger partial charge in [0.1, 0.15) is 5.54 Å². The molecular formula is C14H23N3O2. The molecule has 1 spiro atoms. The highest BCUT2D eigenvalue weighted by Crippen LogP contribution is 2.36. The third-order valence-electron chi connectivity index (χ3n) is 4.97. The monoisotopic (exact) mass is 265 g/mol. The maximum atomic E-state index is 9.66. The van der Waals surface area contributed by atoms with E-state index >= 15 is 0 Å². The Kier molecular flexibility index (Phi) is 3.52. The molecule has 0 aromatic carbocycles. The highest BCUT2D eigenvalue weighted by Gasteiger charge is 2.46. The first-order valence-electron chi connectivity index (χ1n) is 7.31. The summed E-state index contributed by atoms with van der Waals surface area (Å²) in [5.74, 6) is -0.335. The summed E-state index contributed by atoms with van der Waals surface area (Å²) in [6.45, 7) is 5.29. The van der Waals surface area contributed by atoms with Crippen molar-refractivity contribution in [1.29, 1.82) is 5.26 Å². The van der Waals surface area contributed by atoms with Gasteiger partial charge in [-0.1, -0.05) is 0 Å². The molecule has 0 aliphatic carbocycles. The second-order valence-corrected chi connectivity index (χ2v) is 6.04. The van der Waals surface area contributed by atoms with E-state index in [-0.39, 0.29) is 11.3 Å². The fraction of sp³-hybridized carbons (Fsp3) is 0.929. The van der Waals surface area contributed by atoms with E-state index in [9.17, 15) is 5.26 Å². The molecule has 0 saturated carbocycles. The molecule has 3 rings (SSSR count). The van der Waals surface area contributed by atoms with Crippen LogP contribution >= 0.6 is 0 Å². The van der Waals surface area contributed by atoms with Gasteiger partial charge in [0.2, 0.25) is 0 Å². The van der Waals surface area contributed by atoms with Crippen molar-refractivity contribution in [3.05, 3.63) is 0 Å². The predicted octanol–water partition coefficient (Wildman–Crippen LogP) is 0.813. The van der Waals surface area contributed by atoms with E-state index in [4.69, 9.17) is 9.47 Å². The van der Waals surface area contributed by atoms with Gasteiger partial charge < -0.3 is 14.4 Å². The SMILES string of the molecule is CN1CCC(C#N)(N2CCC3(CC2)OCCO3)CC1. The van der Waals surface area contributed by atoms with E-state index < -0.39 is 0 Å². The minimum absolute atomic E-state index is 0.257. The second-order valence-electron chi connectivity index (χ2n) is 6.04. The molecule has 0 aromatic rings. The van der Waals surface area contributed by atoms with Crippen LogP contribution in [0.15, 0.2) is 0 Å². The molecule has 0 bridgehead atoms. The molecule has 5 nitrogen and oxygen atoms in total. The van der Waals surface area contributed by atoms with Crippen molar-refractivity contribution in [1.82, 2.24) is 9.80 Å². The molecule has 0 amide bonds. The van der Waals surface area contributed by atoms with Gasteiger partial charge in [0.05, 0.1) is 19.3 Å². The van der Waals surface area contributed by atoms with E-state index in [1.54, 1.807) is 0 Å². The molecule has 0 atom stereocenters. The molecule has 3 heterocycles. The van der Waals surface area contributed by atoms with Gasteiger partial charge in [-0.15, -0.1) is 0 Å². The van der Waals surface area contributed by atoms with Crippen molar-refractivity contribution in [2.24, 2.45) is 0 Å². The minimum Gasteiger partial charge on any atom is -0.347 e. The van der Waals surface area contributed by atoms with E-state index in [1.807, 2.05) is 0 Å². The Labute approximate surface area is 115 Å². The summed E-state index contributed by atoms with van der Waals surface area (Å²) in [6, 6.07) is 2.60. The molecule has 0 radical (unpaired) electrons. The van der Waals surface area contributed by atoms with Gasteiger partial charge in [0, 0.05) is 39.0 Å². The Morgan fingerprint density at radius 1 is 0.947 bits per heavy atom. The molecule has 19 heavy (non-hydrogen) atoms. The zero-order valence-electron chi connectivity index (χ0n) is 11.7. The van der Waals surface area contributed by atoms with Crippen LogP contribution in [0.3, 0.4) is 0 Å². The number of ether oxygens (including phenoxy) is 2. The first-order chi connectivity index (χ1) is 9.18. The standard InChI is InChI=1S/C14H23N3O2/c1-16-6-2-13(12-15,3-7-16)17-8-4-14(5-9-17)18-10-11-19-14/h2-11H2,1H3. The number of nitriles is 1. The summed E-state index contributed by atoms with van der Waals surface area (Å²) in [6.07, 6.45) is 3.70. The molecule has 0 aromatic heterocycles. The molecule has 3 aliphatic heterocycles. The number of hydrogen-bond acceptors (Lipinski definition) is 5. The zero-order chi connectivity index (χ0) is 13.3. The molecule has 5 heteroatoms. The highest BCUT2D eigenvalue weighted by molar-refractivity contribution is 5.11. The number of hydrogen-bond donors (Lipinski definition) is 0. The van der Waals surface area contributed by atoms with Crippen LogP contribution in [-0.2, 0) is 9.47 Å². The van der Waals surface area contributed by atoms with Gasteiger partial charge in [0.15, 0.2) is 5.79 Å². The third-order valence-corrected chi connectivity index (χ3v) is 4.97. The molecular weight excluding hydrogens is 242 g/mol. The Bertz CT molecular complexity index is 355. The van der Waals surface area contributed by atoms with Gasteiger partial charge in [0.25, 0.3) is 0 Å². The van der Waals surface area contributed by atoms with Crippen molar-refractivity contribution >= 4 is 0 Å². The topological polar surface area (TPSA) is 48.7 Å². The van der Waals surface area contributed by atoms with Gasteiger partial charge in [-0.2, -0.15) is 5.26 Å². The molecule has 3 fully saturated rings. The fourth-order valence-electron chi connectivity index (χ4n) is 3.55. The van der Waals surface area contributed by atoms with E-state index in [0.717, 1.165) is 51.9 Å². The van der Waals surface area contributed by atoms with Crippen LogP contribution < -0.4 is 0 Å². The van der Waals surface area contributed by atoms with Crippen LogP contribution in [0.5, 0.6) is 0 Å². The number of rotatable bonds is 1. The highest BCUT2D eigenvalue weighted by atomic mass is 16.7. The van der Waals surface area contributed by atoms with E-state index in [1.165, 1.54) is 0 Å². The van der Waals surface area contributed by atoms with E-state index in [2.05, 4.69) is 22.9 Å². The van der Waals surface area contributed by atoms with Crippen LogP contribution in [0, 0.1) is 11.3 Å². The number of nitrogens with zero attached hydrogens (tertiary/aromatic N) is 3. The van der Waals surface area contributed by atoms with Gasteiger partial charge >= 0.3 is 0 Å². The quantitative estimate of drug-likeness (QED) is 0.702. The normalized spacial score (nSPS) is 31.4.